The molecule has 0 aliphatic carbocycles. The second-order valence-electron chi connectivity index (χ2n) is 3.88. The van der Waals surface area contributed by atoms with E-state index in [1.165, 1.54) is 0 Å². The van der Waals surface area contributed by atoms with E-state index < -0.39 is 0 Å². The summed E-state index contributed by atoms with van der Waals surface area (Å²) in [5.74, 6) is 1.50. The van der Waals surface area contributed by atoms with Crippen molar-refractivity contribution >= 4 is 11.5 Å². The summed E-state index contributed by atoms with van der Waals surface area (Å²) < 4.78 is 5.33. The lowest BCUT2D eigenvalue weighted by Gasteiger charge is -2.22. The van der Waals surface area contributed by atoms with Crippen molar-refractivity contribution in [2.24, 2.45) is 0 Å². The van der Waals surface area contributed by atoms with E-state index in [2.05, 4.69) is 4.98 Å². The average Bonchev–Trinajstić information content (AvgIpc) is 2.46. The van der Waals surface area contributed by atoms with Crippen LogP contribution in [0.25, 0.3) is 0 Å². The molecule has 0 aliphatic rings. The lowest BCUT2D eigenvalue weighted by Crippen LogP contribution is -2.14. The minimum atomic E-state index is -0.0390. The largest absolute Gasteiger partial charge is 0.495 e. The Kier molecular flexibility index (Phi) is 3.79. The summed E-state index contributed by atoms with van der Waals surface area (Å²) >= 11 is 0. The molecule has 0 atom stereocenters. The average molecular weight is 244 g/mol. The van der Waals surface area contributed by atoms with Crippen LogP contribution in [-0.2, 0) is 6.61 Å². The van der Waals surface area contributed by atoms with Gasteiger partial charge >= 0.3 is 0 Å². The zero-order valence-corrected chi connectivity index (χ0v) is 10.5. The highest BCUT2D eigenvalue weighted by molar-refractivity contribution is 5.68. The first-order valence-electron chi connectivity index (χ1n) is 5.69. The number of aromatic nitrogens is 1. The Morgan fingerprint density at radius 3 is 2.72 bits per heavy atom. The lowest BCUT2D eigenvalue weighted by molar-refractivity contribution is 0.282. The fourth-order valence-electron chi connectivity index (χ4n) is 1.88. The number of methoxy groups -OCH3 is 1. The summed E-state index contributed by atoms with van der Waals surface area (Å²) in [6.07, 6.45) is 1.71. The maximum absolute atomic E-state index is 9.34. The fraction of sp³-hybridized carbons (Fsp3) is 0.214. The minimum Gasteiger partial charge on any atom is -0.495 e. The molecule has 0 saturated heterocycles. The number of pyridine rings is 1. The lowest BCUT2D eigenvalue weighted by atomic mass is 10.2. The molecule has 1 N–H and O–H groups in total. The molecule has 0 spiro atoms. The van der Waals surface area contributed by atoms with Gasteiger partial charge in [0, 0.05) is 18.8 Å². The first kappa shape index (κ1) is 12.4. The van der Waals surface area contributed by atoms with Crippen LogP contribution in [-0.4, -0.2) is 24.2 Å². The van der Waals surface area contributed by atoms with Crippen LogP contribution in [0, 0.1) is 0 Å². The zero-order chi connectivity index (χ0) is 13.0. The van der Waals surface area contributed by atoms with Crippen molar-refractivity contribution in [1.82, 2.24) is 4.98 Å². The highest BCUT2D eigenvalue weighted by Crippen LogP contribution is 2.32. The first-order valence-corrected chi connectivity index (χ1v) is 5.69. The quantitative estimate of drug-likeness (QED) is 0.896. The molecule has 2 aromatic rings. The number of hydrogen-bond donors (Lipinski definition) is 1. The van der Waals surface area contributed by atoms with Crippen molar-refractivity contribution in [3.63, 3.8) is 0 Å². The Morgan fingerprint density at radius 2 is 2.00 bits per heavy atom. The topological polar surface area (TPSA) is 45.6 Å². The number of benzene rings is 1. The number of nitrogens with zero attached hydrogens (tertiary/aromatic N) is 2. The monoisotopic (exact) mass is 244 g/mol. The van der Waals surface area contributed by atoms with E-state index in [-0.39, 0.29) is 6.61 Å². The van der Waals surface area contributed by atoms with Gasteiger partial charge in [-0.15, -0.1) is 0 Å². The number of aliphatic hydroxyl groups excluding tert-OH is 1. The summed E-state index contributed by atoms with van der Waals surface area (Å²) in [5, 5.41) is 9.34. The third-order valence-electron chi connectivity index (χ3n) is 2.80. The Hall–Kier alpha value is -2.07. The fourth-order valence-corrected chi connectivity index (χ4v) is 1.88. The predicted octanol–water partition coefficient (Wildman–Crippen LogP) is 2.35. The first-order chi connectivity index (χ1) is 8.77. The van der Waals surface area contributed by atoms with Gasteiger partial charge < -0.3 is 14.7 Å². The summed E-state index contributed by atoms with van der Waals surface area (Å²) in [6, 6.07) is 11.4. The normalized spacial score (nSPS) is 10.2. The van der Waals surface area contributed by atoms with Crippen LogP contribution in [0.1, 0.15) is 5.56 Å². The van der Waals surface area contributed by atoms with Gasteiger partial charge in [0.05, 0.1) is 19.4 Å². The molecule has 1 heterocycles. The maximum atomic E-state index is 9.34. The van der Waals surface area contributed by atoms with Crippen molar-refractivity contribution < 1.29 is 9.84 Å². The smallest absolute Gasteiger partial charge is 0.142 e. The molecule has 4 heteroatoms. The number of rotatable bonds is 4. The van der Waals surface area contributed by atoms with E-state index in [4.69, 9.17) is 4.74 Å². The predicted molar refractivity (Wildman–Crippen MR) is 71.2 cm³/mol. The molecule has 0 unspecified atom stereocenters. The number of para-hydroxylation sites is 2. The molecule has 0 fully saturated rings. The van der Waals surface area contributed by atoms with E-state index in [0.29, 0.717) is 0 Å². The number of anilines is 2. The molecular weight excluding hydrogens is 228 g/mol. The van der Waals surface area contributed by atoms with Crippen LogP contribution in [0.4, 0.5) is 11.5 Å². The molecule has 1 aromatic carbocycles. The molecule has 0 amide bonds. The third-order valence-corrected chi connectivity index (χ3v) is 2.80. The van der Waals surface area contributed by atoms with Gasteiger partial charge in [-0.05, 0) is 18.2 Å². The Bertz CT molecular complexity index is 481. The number of hydrogen-bond acceptors (Lipinski definition) is 4. The molecule has 18 heavy (non-hydrogen) atoms. The van der Waals surface area contributed by atoms with Gasteiger partial charge in [-0.1, -0.05) is 18.2 Å². The summed E-state index contributed by atoms with van der Waals surface area (Å²) in [5.41, 5.74) is 1.69. The molecule has 0 saturated carbocycles. The molecule has 2 rings (SSSR count). The molecule has 1 aromatic heterocycles. The van der Waals surface area contributed by atoms with E-state index in [0.717, 1.165) is 22.8 Å². The van der Waals surface area contributed by atoms with E-state index >= 15 is 0 Å². The van der Waals surface area contributed by atoms with Crippen LogP contribution >= 0.6 is 0 Å². The Balaban J connectivity index is 2.44. The van der Waals surface area contributed by atoms with Gasteiger partial charge in [-0.2, -0.15) is 0 Å². The van der Waals surface area contributed by atoms with Crippen LogP contribution in [0.3, 0.4) is 0 Å². The van der Waals surface area contributed by atoms with Crippen molar-refractivity contribution in [3.8, 4) is 5.75 Å². The highest BCUT2D eigenvalue weighted by Gasteiger charge is 2.13. The third kappa shape index (κ3) is 2.28. The van der Waals surface area contributed by atoms with Crippen molar-refractivity contribution in [1.29, 1.82) is 0 Å². The minimum absolute atomic E-state index is 0.0390. The van der Waals surface area contributed by atoms with Crippen molar-refractivity contribution in [2.75, 3.05) is 19.1 Å². The molecule has 0 radical (unpaired) electrons. The van der Waals surface area contributed by atoms with Gasteiger partial charge in [-0.3, -0.25) is 0 Å². The van der Waals surface area contributed by atoms with E-state index in [9.17, 15) is 5.11 Å². The molecular formula is C14H16N2O2. The summed E-state index contributed by atoms with van der Waals surface area (Å²) in [7, 11) is 3.54. The second kappa shape index (κ2) is 5.51. The second-order valence-corrected chi connectivity index (χ2v) is 3.88. The molecule has 4 nitrogen and oxygen atoms in total. The van der Waals surface area contributed by atoms with Crippen LogP contribution in [0.2, 0.25) is 0 Å². The molecule has 0 bridgehead atoms. The van der Waals surface area contributed by atoms with Gasteiger partial charge in [0.15, 0.2) is 0 Å². The molecule has 94 valence electrons. The zero-order valence-electron chi connectivity index (χ0n) is 10.5. The van der Waals surface area contributed by atoms with E-state index in [1.54, 1.807) is 13.3 Å². The number of ether oxygens (including phenoxy) is 1. The van der Waals surface area contributed by atoms with Gasteiger partial charge in [0.25, 0.3) is 0 Å². The van der Waals surface area contributed by atoms with Gasteiger partial charge in [-0.25, -0.2) is 4.98 Å². The van der Waals surface area contributed by atoms with Crippen molar-refractivity contribution in [3.05, 3.63) is 48.2 Å². The highest BCUT2D eigenvalue weighted by atomic mass is 16.5. The maximum Gasteiger partial charge on any atom is 0.142 e. The van der Waals surface area contributed by atoms with Gasteiger partial charge in [0.2, 0.25) is 0 Å². The standard InChI is InChI=1S/C14H16N2O2/c1-16(12-7-3-4-8-13(12)18-2)14-11(10-17)6-5-9-15-14/h3-9,17H,10H2,1-2H3. The summed E-state index contributed by atoms with van der Waals surface area (Å²) in [4.78, 5) is 6.22. The van der Waals surface area contributed by atoms with E-state index in [1.807, 2.05) is 48.3 Å². The SMILES string of the molecule is COc1ccccc1N(C)c1ncccc1CO. The van der Waals surface area contributed by atoms with Crippen LogP contribution in [0.15, 0.2) is 42.6 Å². The van der Waals surface area contributed by atoms with Crippen LogP contribution < -0.4 is 9.64 Å². The summed E-state index contributed by atoms with van der Waals surface area (Å²) in [6.45, 7) is -0.0390. The van der Waals surface area contributed by atoms with Crippen LogP contribution in [0.5, 0.6) is 5.75 Å². The Morgan fingerprint density at radius 1 is 1.22 bits per heavy atom. The Labute approximate surface area is 106 Å². The number of aliphatic hydroxyl groups is 1. The van der Waals surface area contributed by atoms with Crippen molar-refractivity contribution in [2.45, 2.75) is 6.61 Å². The van der Waals surface area contributed by atoms with Gasteiger partial charge in [0.1, 0.15) is 11.6 Å². The molecule has 0 aliphatic heterocycles.